The van der Waals surface area contributed by atoms with E-state index in [1.54, 1.807) is 0 Å². The Bertz CT molecular complexity index is 2190. The SMILES string of the molecule is CC1(c2ccccc2)c2ccccc2-c2c(-c3cccc4c3Oc3ccccc3C4(c3ccccc3)c3ccccc3)cccc21. The number of ether oxygens (including phenoxy) is 1. The lowest BCUT2D eigenvalue weighted by Crippen LogP contribution is -2.34. The van der Waals surface area contributed by atoms with Crippen molar-refractivity contribution in [2.75, 3.05) is 0 Å². The van der Waals surface area contributed by atoms with Gasteiger partial charge in [0.2, 0.25) is 0 Å². The maximum Gasteiger partial charge on any atom is 0.140 e. The first-order chi connectivity index (χ1) is 22.7. The van der Waals surface area contributed by atoms with E-state index in [1.165, 1.54) is 44.5 Å². The number of benzene rings is 7. The predicted octanol–water partition coefficient (Wildman–Crippen LogP) is 11.2. The zero-order chi connectivity index (χ0) is 30.7. The van der Waals surface area contributed by atoms with Gasteiger partial charge in [0, 0.05) is 22.1 Å². The van der Waals surface area contributed by atoms with Crippen LogP contribution in [0.25, 0.3) is 22.3 Å². The van der Waals surface area contributed by atoms with Gasteiger partial charge in [0.15, 0.2) is 0 Å². The molecular formula is C45H32O. The van der Waals surface area contributed by atoms with Gasteiger partial charge >= 0.3 is 0 Å². The van der Waals surface area contributed by atoms with Crippen molar-refractivity contribution in [3.05, 3.63) is 215 Å². The van der Waals surface area contributed by atoms with E-state index < -0.39 is 5.41 Å². The molecule has 1 nitrogen and oxygen atoms in total. The Kier molecular flexibility index (Phi) is 5.92. The van der Waals surface area contributed by atoms with Crippen LogP contribution >= 0.6 is 0 Å². The standard InChI is InChI=1S/C45H32O/c1-44(31-17-5-2-6-18-31)37-26-12-11-23-36(37)42-34(24-15-28-39(42)44)35-25-16-29-40-43(35)46-41-30-14-13-27-38(41)45(40,32-19-7-3-8-20-32)33-21-9-4-10-22-33/h2-30H,1H3. The van der Waals surface area contributed by atoms with Crippen molar-refractivity contribution in [3.8, 4) is 33.8 Å². The smallest absolute Gasteiger partial charge is 0.140 e. The highest BCUT2D eigenvalue weighted by molar-refractivity contribution is 5.96. The zero-order valence-corrected chi connectivity index (χ0v) is 25.7. The molecule has 1 heteroatoms. The van der Waals surface area contributed by atoms with E-state index in [4.69, 9.17) is 4.74 Å². The Morgan fingerprint density at radius 2 is 0.848 bits per heavy atom. The van der Waals surface area contributed by atoms with Gasteiger partial charge in [-0.05, 0) is 57.5 Å². The van der Waals surface area contributed by atoms with Crippen LogP contribution in [0, 0.1) is 0 Å². The van der Waals surface area contributed by atoms with Gasteiger partial charge < -0.3 is 4.74 Å². The third kappa shape index (κ3) is 3.57. The van der Waals surface area contributed by atoms with Crippen molar-refractivity contribution in [2.45, 2.75) is 17.8 Å². The van der Waals surface area contributed by atoms with Crippen LogP contribution in [0.3, 0.4) is 0 Å². The highest BCUT2D eigenvalue weighted by atomic mass is 16.5. The molecule has 1 aliphatic heterocycles. The molecule has 1 heterocycles. The van der Waals surface area contributed by atoms with Crippen LogP contribution in [0.15, 0.2) is 176 Å². The maximum absolute atomic E-state index is 7.05. The Labute approximate surface area is 270 Å². The number of fused-ring (bicyclic) bond motifs is 5. The summed E-state index contributed by atoms with van der Waals surface area (Å²) in [6, 6.07) is 63.7. The van der Waals surface area contributed by atoms with Crippen molar-refractivity contribution in [2.24, 2.45) is 0 Å². The molecule has 0 spiro atoms. The summed E-state index contributed by atoms with van der Waals surface area (Å²) < 4.78 is 7.05. The van der Waals surface area contributed by atoms with Gasteiger partial charge in [-0.1, -0.05) is 170 Å². The van der Waals surface area contributed by atoms with Crippen molar-refractivity contribution in [3.63, 3.8) is 0 Å². The summed E-state index contributed by atoms with van der Waals surface area (Å²) >= 11 is 0. The molecule has 218 valence electrons. The fraction of sp³-hybridized carbons (Fsp3) is 0.0667. The molecule has 7 aromatic rings. The molecule has 1 unspecified atom stereocenters. The molecule has 0 amide bonds. The topological polar surface area (TPSA) is 9.23 Å². The molecule has 2 aliphatic rings. The van der Waals surface area contributed by atoms with Crippen molar-refractivity contribution in [1.29, 1.82) is 0 Å². The van der Waals surface area contributed by atoms with Crippen LogP contribution in [0.1, 0.15) is 45.9 Å². The Morgan fingerprint density at radius 3 is 1.52 bits per heavy atom. The predicted molar refractivity (Wildman–Crippen MR) is 188 cm³/mol. The zero-order valence-electron chi connectivity index (χ0n) is 25.7. The van der Waals surface area contributed by atoms with Crippen LogP contribution in [-0.2, 0) is 10.8 Å². The molecule has 0 fully saturated rings. The van der Waals surface area contributed by atoms with E-state index in [0.29, 0.717) is 0 Å². The first-order valence-electron chi connectivity index (χ1n) is 16.0. The number of para-hydroxylation sites is 2. The molecule has 1 aliphatic carbocycles. The van der Waals surface area contributed by atoms with E-state index in [9.17, 15) is 0 Å². The summed E-state index contributed by atoms with van der Waals surface area (Å²) in [5.74, 6) is 1.80. The fourth-order valence-corrected chi connectivity index (χ4v) is 8.29. The molecule has 7 aromatic carbocycles. The molecule has 9 rings (SSSR count). The fourth-order valence-electron chi connectivity index (χ4n) is 8.29. The van der Waals surface area contributed by atoms with Gasteiger partial charge in [-0.25, -0.2) is 0 Å². The molecule has 1 atom stereocenters. The van der Waals surface area contributed by atoms with E-state index in [0.717, 1.165) is 28.2 Å². The maximum atomic E-state index is 7.05. The highest BCUT2D eigenvalue weighted by Crippen LogP contribution is 2.60. The lowest BCUT2D eigenvalue weighted by atomic mass is 9.63. The molecule has 0 radical (unpaired) electrons. The first-order valence-corrected chi connectivity index (χ1v) is 16.0. The van der Waals surface area contributed by atoms with E-state index in [2.05, 4.69) is 183 Å². The second-order valence-electron chi connectivity index (χ2n) is 12.5. The minimum Gasteiger partial charge on any atom is -0.456 e. The van der Waals surface area contributed by atoms with Crippen molar-refractivity contribution < 1.29 is 4.74 Å². The van der Waals surface area contributed by atoms with Crippen molar-refractivity contribution in [1.82, 2.24) is 0 Å². The summed E-state index contributed by atoms with van der Waals surface area (Å²) in [5.41, 5.74) is 12.7. The van der Waals surface area contributed by atoms with Crippen LogP contribution in [0.2, 0.25) is 0 Å². The number of rotatable bonds is 4. The summed E-state index contributed by atoms with van der Waals surface area (Å²) in [6.07, 6.45) is 0. The minimum absolute atomic E-state index is 0.274. The summed E-state index contributed by atoms with van der Waals surface area (Å²) in [5, 5.41) is 0. The van der Waals surface area contributed by atoms with Gasteiger partial charge in [0.05, 0.1) is 5.41 Å². The van der Waals surface area contributed by atoms with Gasteiger partial charge in [-0.15, -0.1) is 0 Å². The summed E-state index contributed by atoms with van der Waals surface area (Å²) in [4.78, 5) is 0. The molecule has 0 saturated carbocycles. The lowest BCUT2D eigenvalue weighted by Gasteiger charge is -2.42. The largest absolute Gasteiger partial charge is 0.456 e. The highest BCUT2D eigenvalue weighted by Gasteiger charge is 2.47. The molecule has 0 aromatic heterocycles. The quantitative estimate of drug-likeness (QED) is 0.199. The Morgan fingerprint density at radius 1 is 0.370 bits per heavy atom. The van der Waals surface area contributed by atoms with E-state index in [1.807, 2.05) is 0 Å². The Balaban J connectivity index is 1.37. The van der Waals surface area contributed by atoms with Crippen molar-refractivity contribution >= 4 is 0 Å². The van der Waals surface area contributed by atoms with Crippen LogP contribution in [-0.4, -0.2) is 0 Å². The lowest BCUT2D eigenvalue weighted by molar-refractivity contribution is 0.436. The molecule has 0 N–H and O–H groups in total. The summed E-state index contributed by atoms with van der Waals surface area (Å²) in [7, 11) is 0. The number of hydrogen-bond donors (Lipinski definition) is 0. The van der Waals surface area contributed by atoms with Crippen LogP contribution < -0.4 is 4.74 Å². The third-order valence-corrected chi connectivity index (χ3v) is 10.3. The van der Waals surface area contributed by atoms with Gasteiger partial charge in [-0.2, -0.15) is 0 Å². The summed E-state index contributed by atoms with van der Waals surface area (Å²) in [6.45, 7) is 2.37. The average molecular weight is 589 g/mol. The molecule has 46 heavy (non-hydrogen) atoms. The van der Waals surface area contributed by atoms with Gasteiger partial charge in [0.1, 0.15) is 11.5 Å². The normalized spacial score (nSPS) is 16.8. The minimum atomic E-state index is -0.558. The Hall–Kier alpha value is -5.66. The second kappa shape index (κ2) is 10.2. The first kappa shape index (κ1) is 26.7. The van der Waals surface area contributed by atoms with E-state index >= 15 is 0 Å². The number of hydrogen-bond acceptors (Lipinski definition) is 1. The van der Waals surface area contributed by atoms with Gasteiger partial charge in [0.25, 0.3) is 0 Å². The molecular weight excluding hydrogens is 556 g/mol. The molecule has 0 saturated heterocycles. The second-order valence-corrected chi connectivity index (χ2v) is 12.5. The monoisotopic (exact) mass is 588 g/mol. The average Bonchev–Trinajstić information content (AvgIpc) is 3.40. The van der Waals surface area contributed by atoms with E-state index in [-0.39, 0.29) is 5.41 Å². The third-order valence-electron chi connectivity index (χ3n) is 10.3. The van der Waals surface area contributed by atoms with Gasteiger partial charge in [-0.3, -0.25) is 0 Å². The van der Waals surface area contributed by atoms with Crippen LogP contribution in [0.5, 0.6) is 11.5 Å². The molecule has 0 bridgehead atoms. The van der Waals surface area contributed by atoms with Crippen LogP contribution in [0.4, 0.5) is 0 Å².